The SMILES string of the molecule is C[N+]1(CC2=C(C(=O)[O-])N3C(=O)[C@@H](NC(=O)/C(=N\OCF)c4nsc(N)n4)[C@@H]3SC2)CC=C(C(N)=O)CC1. The van der Waals surface area contributed by atoms with Crippen molar-refractivity contribution in [3.63, 3.8) is 0 Å². The molecule has 0 aromatic carbocycles. The fourth-order valence-electron chi connectivity index (χ4n) is 4.35. The molecule has 0 bridgehead atoms. The van der Waals surface area contributed by atoms with Crippen molar-refractivity contribution < 1.29 is 38.0 Å². The molecule has 0 aliphatic carbocycles. The lowest BCUT2D eigenvalue weighted by atomic mass is 10.0. The molecule has 3 atom stereocenters. The minimum Gasteiger partial charge on any atom is -0.543 e. The molecule has 5 N–H and O–H groups in total. The van der Waals surface area contributed by atoms with Crippen LogP contribution < -0.4 is 21.9 Å². The maximum Gasteiger partial charge on any atom is 0.278 e. The van der Waals surface area contributed by atoms with Gasteiger partial charge in [-0.15, -0.1) is 11.8 Å². The molecule has 4 heterocycles. The maximum absolute atomic E-state index is 13.0. The predicted molar refractivity (Wildman–Crippen MR) is 128 cm³/mol. The van der Waals surface area contributed by atoms with E-state index in [1.165, 1.54) is 11.8 Å². The quantitative estimate of drug-likeness (QED) is 0.126. The minimum atomic E-state index is -1.50. The van der Waals surface area contributed by atoms with E-state index in [1.807, 2.05) is 7.05 Å². The zero-order chi connectivity index (χ0) is 26.9. The number of quaternary nitrogens is 1. The number of anilines is 1. The van der Waals surface area contributed by atoms with Crippen LogP contribution >= 0.6 is 23.3 Å². The Kier molecular flexibility index (Phi) is 7.47. The number of amides is 3. The van der Waals surface area contributed by atoms with Crippen molar-refractivity contribution in [1.82, 2.24) is 19.6 Å². The minimum absolute atomic E-state index is 0.0344. The summed E-state index contributed by atoms with van der Waals surface area (Å²) in [6, 6.07) is -1.08. The first-order valence-corrected chi connectivity index (χ1v) is 12.7. The summed E-state index contributed by atoms with van der Waals surface area (Å²) in [7, 11) is 1.92. The topological polar surface area (TPSA) is 206 Å². The summed E-state index contributed by atoms with van der Waals surface area (Å²) in [6.45, 7) is 0.0455. The van der Waals surface area contributed by atoms with Crippen molar-refractivity contribution in [3.05, 3.63) is 28.7 Å². The number of β-lactam (4-membered cyclic amide) rings is 1. The molecule has 0 saturated carbocycles. The Morgan fingerprint density at radius 2 is 2.19 bits per heavy atom. The van der Waals surface area contributed by atoms with Crippen molar-refractivity contribution in [2.24, 2.45) is 10.9 Å². The summed E-state index contributed by atoms with van der Waals surface area (Å²) in [5.41, 5.74) is 11.2. The van der Waals surface area contributed by atoms with Gasteiger partial charge in [-0.3, -0.25) is 19.3 Å². The van der Waals surface area contributed by atoms with Crippen molar-refractivity contribution in [2.45, 2.75) is 17.8 Å². The molecule has 0 radical (unpaired) electrons. The van der Waals surface area contributed by atoms with Gasteiger partial charge in [0.15, 0.2) is 5.13 Å². The molecule has 3 aliphatic heterocycles. The van der Waals surface area contributed by atoms with Gasteiger partial charge in [0.2, 0.25) is 17.4 Å². The molecule has 37 heavy (non-hydrogen) atoms. The number of oxime groups is 1. The van der Waals surface area contributed by atoms with E-state index in [-0.39, 0.29) is 22.4 Å². The van der Waals surface area contributed by atoms with Crippen LogP contribution in [0, 0.1) is 0 Å². The number of hydrogen-bond donors (Lipinski definition) is 3. The number of alkyl halides is 1. The van der Waals surface area contributed by atoms with Gasteiger partial charge in [0.1, 0.15) is 18.0 Å². The molecule has 1 fully saturated rings. The van der Waals surface area contributed by atoms with Gasteiger partial charge in [0, 0.05) is 34.9 Å². The molecule has 0 spiro atoms. The summed E-state index contributed by atoms with van der Waals surface area (Å²) >= 11 is 2.06. The van der Waals surface area contributed by atoms with Crippen LogP contribution in [0.15, 0.2) is 28.1 Å². The molecular formula is C20H23FN8O6S2. The van der Waals surface area contributed by atoms with E-state index in [2.05, 4.69) is 24.7 Å². The lowest BCUT2D eigenvalue weighted by molar-refractivity contribution is -0.900. The highest BCUT2D eigenvalue weighted by atomic mass is 32.2. The van der Waals surface area contributed by atoms with Crippen LogP contribution in [0.3, 0.4) is 0 Å². The Morgan fingerprint density at radius 1 is 1.43 bits per heavy atom. The molecule has 3 aliphatic rings. The molecule has 3 amide bonds. The molecule has 1 aromatic heterocycles. The Bertz CT molecular complexity index is 1250. The van der Waals surface area contributed by atoms with Crippen molar-refractivity contribution in [1.29, 1.82) is 0 Å². The van der Waals surface area contributed by atoms with Crippen LogP contribution in [0.25, 0.3) is 0 Å². The second-order valence-corrected chi connectivity index (χ2v) is 10.7. The highest BCUT2D eigenvalue weighted by Gasteiger charge is 2.53. The van der Waals surface area contributed by atoms with Gasteiger partial charge in [-0.2, -0.15) is 9.36 Å². The fraction of sp³-hybridized carbons (Fsp3) is 0.450. The molecule has 1 aromatic rings. The van der Waals surface area contributed by atoms with E-state index in [9.17, 15) is 28.7 Å². The third kappa shape index (κ3) is 5.28. The summed E-state index contributed by atoms with van der Waals surface area (Å²) < 4.78 is 16.8. The summed E-state index contributed by atoms with van der Waals surface area (Å²) in [6.07, 6.45) is 2.21. The summed E-state index contributed by atoms with van der Waals surface area (Å²) in [5, 5.41) is 17.3. The van der Waals surface area contributed by atoms with Crippen LogP contribution in [0.5, 0.6) is 0 Å². The number of nitrogens with one attached hydrogen (secondary N) is 1. The molecular weight excluding hydrogens is 531 g/mol. The van der Waals surface area contributed by atoms with E-state index >= 15 is 0 Å². The molecule has 14 nitrogen and oxygen atoms in total. The zero-order valence-electron chi connectivity index (χ0n) is 19.5. The number of carbonyl (C=O) groups excluding carboxylic acids is 4. The highest BCUT2D eigenvalue weighted by molar-refractivity contribution is 8.00. The summed E-state index contributed by atoms with van der Waals surface area (Å²) in [4.78, 5) is 58.6. The number of aromatic nitrogens is 2. The first-order chi connectivity index (χ1) is 17.5. The number of nitrogens with zero attached hydrogens (tertiary/aromatic N) is 5. The molecule has 1 saturated heterocycles. The van der Waals surface area contributed by atoms with Crippen LogP contribution in [0.4, 0.5) is 9.52 Å². The first-order valence-electron chi connectivity index (χ1n) is 10.9. The number of likely N-dealkylation sites (N-methyl/N-ethyl adjacent to an activating group) is 1. The van der Waals surface area contributed by atoms with Crippen molar-refractivity contribution in [3.8, 4) is 0 Å². The third-order valence-corrected chi connectivity index (χ3v) is 8.07. The monoisotopic (exact) mass is 554 g/mol. The van der Waals surface area contributed by atoms with Gasteiger partial charge >= 0.3 is 0 Å². The third-order valence-electron chi connectivity index (χ3n) is 6.19. The number of primary amides is 1. The smallest absolute Gasteiger partial charge is 0.278 e. The molecule has 4 rings (SSSR count). The number of thioether (sulfide) groups is 1. The first kappa shape index (κ1) is 26.5. The average Bonchev–Trinajstić information content (AvgIpc) is 3.28. The second kappa shape index (κ2) is 10.4. The van der Waals surface area contributed by atoms with Crippen LogP contribution in [0.1, 0.15) is 12.2 Å². The van der Waals surface area contributed by atoms with Crippen LogP contribution in [0.2, 0.25) is 0 Å². The predicted octanol–water partition coefficient (Wildman–Crippen LogP) is -2.57. The van der Waals surface area contributed by atoms with Crippen LogP contribution in [-0.2, 0) is 24.0 Å². The van der Waals surface area contributed by atoms with E-state index < -0.39 is 47.7 Å². The highest BCUT2D eigenvalue weighted by Crippen LogP contribution is 2.41. The Balaban J connectivity index is 1.51. The van der Waals surface area contributed by atoms with Gasteiger partial charge < -0.3 is 36.0 Å². The Morgan fingerprint density at radius 3 is 2.76 bits per heavy atom. The van der Waals surface area contributed by atoms with Gasteiger partial charge in [0.05, 0.1) is 31.8 Å². The van der Waals surface area contributed by atoms with Gasteiger partial charge in [-0.05, 0) is 6.08 Å². The lowest BCUT2D eigenvalue weighted by Gasteiger charge is -2.51. The van der Waals surface area contributed by atoms with Crippen LogP contribution in [-0.4, -0.2) is 98.9 Å². The number of carboxylic acid groups (broad SMARTS) is 1. The number of nitrogens with two attached hydrogens (primary N) is 2. The molecule has 1 unspecified atom stereocenters. The van der Waals surface area contributed by atoms with E-state index in [0.29, 0.717) is 41.7 Å². The summed E-state index contributed by atoms with van der Waals surface area (Å²) in [5.74, 6) is -3.49. The number of carboxylic acids is 1. The molecule has 198 valence electrons. The number of aliphatic carboxylic acids is 1. The van der Waals surface area contributed by atoms with Crippen molar-refractivity contribution >= 4 is 57.8 Å². The zero-order valence-corrected chi connectivity index (χ0v) is 21.1. The standard InChI is InChI=1S/C20H23FN8O6S2/c1-29(4-2-9(3-5-29)14(22)30)6-10-7-36-18-12(17(32)28(18)13(10)19(33)34)24-16(31)11(26-35-8-21)15-25-20(23)37-27-15/h2,12,18H,3-8H2,1H3,(H5-,22,23,24,25,27,30,31,33,34)/b26-11-/t12-,18+,29?/m1/s1. The fourth-order valence-corrected chi connectivity index (χ4v) is 6.12. The van der Waals surface area contributed by atoms with Crippen molar-refractivity contribution in [2.75, 3.05) is 45.0 Å². The van der Waals surface area contributed by atoms with E-state index in [0.717, 1.165) is 16.4 Å². The second-order valence-electron chi connectivity index (χ2n) is 8.76. The maximum atomic E-state index is 13.0. The largest absolute Gasteiger partial charge is 0.543 e. The number of halogens is 1. The van der Waals surface area contributed by atoms with E-state index in [1.54, 1.807) is 6.08 Å². The number of fused-ring (bicyclic) bond motifs is 1. The van der Waals surface area contributed by atoms with Gasteiger partial charge in [-0.25, -0.2) is 4.39 Å². The lowest BCUT2D eigenvalue weighted by Crippen LogP contribution is -2.72. The molecule has 17 heteroatoms. The van der Waals surface area contributed by atoms with E-state index in [4.69, 9.17) is 11.5 Å². The Labute approximate surface area is 217 Å². The number of hydrogen-bond acceptors (Lipinski definition) is 12. The number of carbonyl (C=O) groups is 4. The van der Waals surface area contributed by atoms with Gasteiger partial charge in [0.25, 0.3) is 18.7 Å². The average molecular weight is 555 g/mol. The normalized spacial score (nSPS) is 25.7. The van der Waals surface area contributed by atoms with Gasteiger partial charge in [-0.1, -0.05) is 5.16 Å². The number of nitrogen functional groups attached to an aromatic ring is 1. The Hall–Kier alpha value is -3.57. The number of rotatable bonds is 9.